The van der Waals surface area contributed by atoms with Crippen LogP contribution in [-0.2, 0) is 0 Å². The standard InChI is InChI=1S/C24H25N5O3/c1-16-14-28(15-25-16)21-11-10-19(12-22(21)31-3)26-20-13-23(32-4)27-29(24(20)30)17(2)18-8-6-5-7-9-18/h5-15,17,26H,1-4H3. The molecular formula is C24H25N5O3. The molecule has 4 rings (SSSR count). The van der Waals surface area contributed by atoms with Crippen LogP contribution in [0.4, 0.5) is 11.4 Å². The van der Waals surface area contributed by atoms with E-state index >= 15 is 0 Å². The number of aryl methyl sites for hydroxylation is 1. The molecule has 0 bridgehead atoms. The van der Waals surface area contributed by atoms with Gasteiger partial charge in [-0.1, -0.05) is 30.3 Å². The number of nitrogens with zero attached hydrogens (tertiary/aromatic N) is 4. The summed E-state index contributed by atoms with van der Waals surface area (Å²) >= 11 is 0. The van der Waals surface area contributed by atoms with Crippen LogP contribution in [0.1, 0.15) is 24.2 Å². The van der Waals surface area contributed by atoms with E-state index in [9.17, 15) is 4.79 Å². The number of ether oxygens (including phenoxy) is 2. The lowest BCUT2D eigenvalue weighted by Crippen LogP contribution is -2.28. The first kappa shape index (κ1) is 21.2. The number of aromatic nitrogens is 4. The van der Waals surface area contributed by atoms with Gasteiger partial charge in [-0.3, -0.25) is 4.79 Å². The number of nitrogens with one attached hydrogen (secondary N) is 1. The Morgan fingerprint density at radius 2 is 1.81 bits per heavy atom. The summed E-state index contributed by atoms with van der Waals surface area (Å²) < 4.78 is 14.2. The third-order valence-corrected chi connectivity index (χ3v) is 5.22. The first-order chi connectivity index (χ1) is 15.5. The van der Waals surface area contributed by atoms with Crippen molar-refractivity contribution < 1.29 is 9.47 Å². The zero-order chi connectivity index (χ0) is 22.7. The molecule has 0 fully saturated rings. The Morgan fingerprint density at radius 3 is 2.47 bits per heavy atom. The van der Waals surface area contributed by atoms with E-state index in [1.54, 1.807) is 19.5 Å². The number of methoxy groups -OCH3 is 2. The predicted octanol–water partition coefficient (Wildman–Crippen LogP) is 4.11. The molecule has 0 aliphatic rings. The monoisotopic (exact) mass is 431 g/mol. The molecule has 2 heterocycles. The maximum absolute atomic E-state index is 13.2. The van der Waals surface area contributed by atoms with Gasteiger partial charge in [0.2, 0.25) is 5.88 Å². The smallest absolute Gasteiger partial charge is 0.291 e. The van der Waals surface area contributed by atoms with Gasteiger partial charge in [0.15, 0.2) is 0 Å². The highest BCUT2D eigenvalue weighted by Gasteiger charge is 2.16. The fourth-order valence-electron chi connectivity index (χ4n) is 3.49. The summed E-state index contributed by atoms with van der Waals surface area (Å²) in [5, 5.41) is 7.56. The molecule has 1 atom stereocenters. The second kappa shape index (κ2) is 8.97. The first-order valence-corrected chi connectivity index (χ1v) is 10.2. The van der Waals surface area contributed by atoms with Crippen molar-refractivity contribution in [1.82, 2.24) is 19.3 Å². The Kier molecular flexibility index (Phi) is 5.93. The van der Waals surface area contributed by atoms with Crippen molar-refractivity contribution in [2.75, 3.05) is 19.5 Å². The van der Waals surface area contributed by atoms with Crippen LogP contribution in [0.25, 0.3) is 5.69 Å². The van der Waals surface area contributed by atoms with Gasteiger partial charge in [-0.25, -0.2) is 9.67 Å². The topological polar surface area (TPSA) is 83.2 Å². The van der Waals surface area contributed by atoms with Crippen LogP contribution in [0.5, 0.6) is 11.6 Å². The van der Waals surface area contributed by atoms with Crippen molar-refractivity contribution in [3.05, 3.63) is 88.7 Å². The van der Waals surface area contributed by atoms with Crippen LogP contribution in [0, 0.1) is 6.92 Å². The van der Waals surface area contributed by atoms with E-state index in [2.05, 4.69) is 15.4 Å². The van der Waals surface area contributed by atoms with E-state index in [0.29, 0.717) is 23.0 Å². The predicted molar refractivity (Wildman–Crippen MR) is 123 cm³/mol. The number of anilines is 2. The highest BCUT2D eigenvalue weighted by molar-refractivity contribution is 5.65. The van der Waals surface area contributed by atoms with Gasteiger partial charge in [0.1, 0.15) is 11.4 Å². The summed E-state index contributed by atoms with van der Waals surface area (Å²) in [6.07, 6.45) is 3.65. The summed E-state index contributed by atoms with van der Waals surface area (Å²) in [6.45, 7) is 3.86. The minimum atomic E-state index is -0.263. The van der Waals surface area contributed by atoms with Crippen molar-refractivity contribution in [1.29, 1.82) is 0 Å². The molecule has 8 nitrogen and oxygen atoms in total. The Labute approximate surface area is 186 Å². The molecule has 0 spiro atoms. The average molecular weight is 431 g/mol. The van der Waals surface area contributed by atoms with Crippen molar-refractivity contribution in [3.8, 4) is 17.3 Å². The molecule has 0 aliphatic carbocycles. The van der Waals surface area contributed by atoms with Crippen LogP contribution in [0.3, 0.4) is 0 Å². The zero-order valence-corrected chi connectivity index (χ0v) is 18.4. The lowest BCUT2D eigenvalue weighted by molar-refractivity contribution is 0.371. The van der Waals surface area contributed by atoms with Crippen LogP contribution < -0.4 is 20.3 Å². The van der Waals surface area contributed by atoms with Crippen LogP contribution in [0.2, 0.25) is 0 Å². The minimum Gasteiger partial charge on any atom is -0.494 e. The first-order valence-electron chi connectivity index (χ1n) is 10.2. The highest BCUT2D eigenvalue weighted by Crippen LogP contribution is 2.28. The Morgan fingerprint density at radius 1 is 1.03 bits per heavy atom. The molecule has 2 aromatic heterocycles. The lowest BCUT2D eigenvalue weighted by atomic mass is 10.1. The Bertz CT molecular complexity index is 1280. The number of rotatable bonds is 7. The van der Waals surface area contributed by atoms with Gasteiger partial charge >= 0.3 is 0 Å². The molecule has 8 heteroatoms. The van der Waals surface area contributed by atoms with E-state index in [4.69, 9.17) is 9.47 Å². The lowest BCUT2D eigenvalue weighted by Gasteiger charge is -2.17. The third kappa shape index (κ3) is 4.20. The summed E-state index contributed by atoms with van der Waals surface area (Å²) in [5.41, 5.74) is 3.53. The molecule has 164 valence electrons. The normalized spacial score (nSPS) is 11.8. The van der Waals surface area contributed by atoms with E-state index < -0.39 is 0 Å². The zero-order valence-electron chi connectivity index (χ0n) is 18.4. The molecule has 2 aromatic carbocycles. The van der Waals surface area contributed by atoms with Crippen LogP contribution in [0.15, 0.2) is 71.9 Å². The van der Waals surface area contributed by atoms with Crippen LogP contribution >= 0.6 is 0 Å². The molecular weight excluding hydrogens is 406 g/mol. The van der Waals surface area contributed by atoms with Crippen molar-refractivity contribution in [2.45, 2.75) is 19.9 Å². The maximum atomic E-state index is 13.2. The van der Waals surface area contributed by atoms with Gasteiger partial charge in [0.25, 0.3) is 5.56 Å². The minimum absolute atomic E-state index is 0.254. The SMILES string of the molecule is COc1cc(Nc2ccc(-n3cnc(C)c3)c(OC)c2)c(=O)n(C(C)c2ccccc2)n1. The van der Waals surface area contributed by atoms with E-state index in [-0.39, 0.29) is 11.6 Å². The molecule has 0 aliphatic heterocycles. The molecule has 4 aromatic rings. The molecule has 32 heavy (non-hydrogen) atoms. The molecule has 0 amide bonds. The third-order valence-electron chi connectivity index (χ3n) is 5.22. The summed E-state index contributed by atoms with van der Waals surface area (Å²) in [7, 11) is 3.13. The Hall–Kier alpha value is -4.07. The van der Waals surface area contributed by atoms with E-state index in [1.165, 1.54) is 11.8 Å². The number of hydrogen-bond acceptors (Lipinski definition) is 6. The second-order valence-corrected chi connectivity index (χ2v) is 7.37. The van der Waals surface area contributed by atoms with Gasteiger partial charge in [0, 0.05) is 24.0 Å². The summed E-state index contributed by atoms with van der Waals surface area (Å²) in [5.74, 6) is 0.985. The molecule has 0 saturated carbocycles. The molecule has 0 saturated heterocycles. The molecule has 1 unspecified atom stereocenters. The van der Waals surface area contributed by atoms with Crippen molar-refractivity contribution in [2.24, 2.45) is 0 Å². The van der Waals surface area contributed by atoms with Gasteiger partial charge in [-0.2, -0.15) is 0 Å². The Balaban J connectivity index is 1.71. The fraction of sp³-hybridized carbons (Fsp3) is 0.208. The highest BCUT2D eigenvalue weighted by atomic mass is 16.5. The molecule has 1 N–H and O–H groups in total. The van der Waals surface area contributed by atoms with E-state index in [1.807, 2.05) is 73.1 Å². The quantitative estimate of drug-likeness (QED) is 0.474. The number of benzene rings is 2. The van der Waals surface area contributed by atoms with Gasteiger partial charge in [-0.15, -0.1) is 5.10 Å². The summed E-state index contributed by atoms with van der Waals surface area (Å²) in [6, 6.07) is 16.7. The van der Waals surface area contributed by atoms with Gasteiger partial charge in [-0.05, 0) is 31.5 Å². The van der Waals surface area contributed by atoms with Crippen LogP contribution in [-0.4, -0.2) is 33.6 Å². The van der Waals surface area contributed by atoms with Crippen molar-refractivity contribution >= 4 is 11.4 Å². The molecule has 0 radical (unpaired) electrons. The second-order valence-electron chi connectivity index (χ2n) is 7.37. The fourth-order valence-corrected chi connectivity index (χ4v) is 3.49. The number of imidazole rings is 1. The summed E-state index contributed by atoms with van der Waals surface area (Å²) in [4.78, 5) is 17.5. The van der Waals surface area contributed by atoms with Crippen molar-refractivity contribution in [3.63, 3.8) is 0 Å². The van der Waals surface area contributed by atoms with Gasteiger partial charge in [0.05, 0.1) is 38.0 Å². The van der Waals surface area contributed by atoms with E-state index in [0.717, 1.165) is 16.9 Å². The number of hydrogen-bond donors (Lipinski definition) is 1. The van der Waals surface area contributed by atoms with Gasteiger partial charge < -0.3 is 19.4 Å². The average Bonchev–Trinajstić information content (AvgIpc) is 3.26. The largest absolute Gasteiger partial charge is 0.494 e. The maximum Gasteiger partial charge on any atom is 0.291 e.